The molecule has 0 spiro atoms. The molecule has 0 unspecified atom stereocenters. The van der Waals surface area contributed by atoms with E-state index in [4.69, 9.17) is 10.8 Å². The number of carboxylic acids is 1. The van der Waals surface area contributed by atoms with Crippen molar-refractivity contribution in [2.24, 2.45) is 5.73 Å². The Hall–Kier alpha value is -3.29. The SMILES string of the molecule is Cl.N[C@@H](Cc1ccc(-c2ncnc3c2ncn3Cc2ccccc2)cc1)C(=O)O. The second kappa shape index (κ2) is 8.81. The van der Waals surface area contributed by atoms with Gasteiger partial charge in [-0.05, 0) is 17.5 Å². The van der Waals surface area contributed by atoms with Gasteiger partial charge in [0.1, 0.15) is 23.6 Å². The molecule has 0 saturated heterocycles. The maximum absolute atomic E-state index is 10.9. The zero-order valence-electron chi connectivity index (χ0n) is 15.5. The molecule has 2 heterocycles. The quantitative estimate of drug-likeness (QED) is 0.507. The van der Waals surface area contributed by atoms with Crippen molar-refractivity contribution < 1.29 is 9.90 Å². The smallest absolute Gasteiger partial charge is 0.320 e. The fraction of sp³-hybridized carbons (Fsp3) is 0.143. The minimum absolute atomic E-state index is 0. The predicted octanol–water partition coefficient (Wildman–Crippen LogP) is 2.92. The summed E-state index contributed by atoms with van der Waals surface area (Å²) in [5.74, 6) is -1.01. The first-order valence-electron chi connectivity index (χ1n) is 8.89. The molecule has 4 aromatic rings. The number of carbonyl (C=O) groups is 1. The number of nitrogens with zero attached hydrogens (tertiary/aromatic N) is 4. The molecule has 0 radical (unpaired) electrons. The van der Waals surface area contributed by atoms with Crippen LogP contribution in [-0.4, -0.2) is 36.6 Å². The van der Waals surface area contributed by atoms with E-state index in [0.29, 0.717) is 6.54 Å². The van der Waals surface area contributed by atoms with E-state index in [1.165, 1.54) is 11.9 Å². The van der Waals surface area contributed by atoms with Crippen molar-refractivity contribution in [1.82, 2.24) is 19.5 Å². The molecule has 0 fully saturated rings. The average molecular weight is 410 g/mol. The summed E-state index contributed by atoms with van der Waals surface area (Å²) >= 11 is 0. The second-order valence-electron chi connectivity index (χ2n) is 6.60. The highest BCUT2D eigenvalue weighted by Gasteiger charge is 2.14. The molecule has 4 rings (SSSR count). The maximum atomic E-state index is 10.9. The Morgan fingerprint density at radius 1 is 1.00 bits per heavy atom. The highest BCUT2D eigenvalue weighted by Crippen LogP contribution is 2.25. The topological polar surface area (TPSA) is 107 Å². The summed E-state index contributed by atoms with van der Waals surface area (Å²) < 4.78 is 2.00. The maximum Gasteiger partial charge on any atom is 0.320 e. The molecular weight excluding hydrogens is 390 g/mol. The van der Waals surface area contributed by atoms with Crippen LogP contribution in [0.2, 0.25) is 0 Å². The molecule has 0 saturated carbocycles. The third-order valence-electron chi connectivity index (χ3n) is 4.60. The standard InChI is InChI=1S/C21H19N5O2.ClH/c22-17(21(27)28)10-14-6-8-16(9-7-14)18-19-20(24-12-23-18)26(13-25-19)11-15-4-2-1-3-5-15;/h1-9,12-13,17H,10-11,22H2,(H,27,28);1H/t17-;/m0./s1. The minimum Gasteiger partial charge on any atom is -0.480 e. The Bertz CT molecular complexity index is 1110. The Morgan fingerprint density at radius 2 is 1.72 bits per heavy atom. The minimum atomic E-state index is -1.01. The molecule has 0 aliphatic rings. The van der Waals surface area contributed by atoms with Crippen LogP contribution in [0.5, 0.6) is 0 Å². The van der Waals surface area contributed by atoms with E-state index in [1.807, 2.05) is 47.0 Å². The number of rotatable bonds is 6. The highest BCUT2D eigenvalue weighted by molar-refractivity contribution is 5.87. The molecule has 0 amide bonds. The zero-order valence-corrected chi connectivity index (χ0v) is 16.3. The fourth-order valence-electron chi connectivity index (χ4n) is 3.13. The number of fused-ring (bicyclic) bond motifs is 1. The normalized spacial score (nSPS) is 11.8. The summed E-state index contributed by atoms with van der Waals surface area (Å²) in [5, 5.41) is 8.95. The van der Waals surface area contributed by atoms with Crippen molar-refractivity contribution in [3.05, 3.63) is 78.4 Å². The van der Waals surface area contributed by atoms with Gasteiger partial charge >= 0.3 is 5.97 Å². The lowest BCUT2D eigenvalue weighted by Crippen LogP contribution is -2.32. The van der Waals surface area contributed by atoms with Crippen molar-refractivity contribution in [2.75, 3.05) is 0 Å². The third-order valence-corrected chi connectivity index (χ3v) is 4.60. The van der Waals surface area contributed by atoms with Crippen molar-refractivity contribution in [2.45, 2.75) is 19.0 Å². The van der Waals surface area contributed by atoms with Gasteiger partial charge in [-0.2, -0.15) is 0 Å². The fourth-order valence-corrected chi connectivity index (χ4v) is 3.13. The van der Waals surface area contributed by atoms with E-state index in [0.717, 1.165) is 28.0 Å². The number of benzene rings is 2. The molecule has 0 aliphatic heterocycles. The summed E-state index contributed by atoms with van der Waals surface area (Å²) in [4.78, 5) is 24.3. The van der Waals surface area contributed by atoms with Gasteiger partial charge in [-0.3, -0.25) is 4.79 Å². The van der Waals surface area contributed by atoms with E-state index in [-0.39, 0.29) is 18.8 Å². The van der Waals surface area contributed by atoms with Crippen LogP contribution in [0.15, 0.2) is 67.3 Å². The Balaban J connectivity index is 0.00000240. The van der Waals surface area contributed by atoms with Crippen LogP contribution in [-0.2, 0) is 17.8 Å². The molecule has 29 heavy (non-hydrogen) atoms. The summed E-state index contributed by atoms with van der Waals surface area (Å²) in [6.07, 6.45) is 3.59. The largest absolute Gasteiger partial charge is 0.480 e. The molecular formula is C21H20ClN5O2. The Kier molecular flexibility index (Phi) is 6.21. The molecule has 0 aliphatic carbocycles. The van der Waals surface area contributed by atoms with Gasteiger partial charge in [-0.15, -0.1) is 12.4 Å². The average Bonchev–Trinajstić information content (AvgIpc) is 3.12. The van der Waals surface area contributed by atoms with Gasteiger partial charge in [0, 0.05) is 5.56 Å². The summed E-state index contributed by atoms with van der Waals surface area (Å²) in [6, 6.07) is 16.8. The lowest BCUT2D eigenvalue weighted by Gasteiger charge is -2.08. The molecule has 1 atom stereocenters. The van der Waals surface area contributed by atoms with Crippen molar-refractivity contribution in [1.29, 1.82) is 0 Å². The van der Waals surface area contributed by atoms with E-state index in [2.05, 4.69) is 27.1 Å². The number of halogens is 1. The third kappa shape index (κ3) is 4.42. The predicted molar refractivity (Wildman–Crippen MR) is 113 cm³/mol. The van der Waals surface area contributed by atoms with Gasteiger partial charge < -0.3 is 15.4 Å². The van der Waals surface area contributed by atoms with Gasteiger partial charge in [-0.25, -0.2) is 15.0 Å². The van der Waals surface area contributed by atoms with E-state index in [9.17, 15) is 4.79 Å². The van der Waals surface area contributed by atoms with E-state index < -0.39 is 12.0 Å². The van der Waals surface area contributed by atoms with E-state index >= 15 is 0 Å². The first-order valence-corrected chi connectivity index (χ1v) is 8.89. The molecule has 2 aromatic heterocycles. The number of hydrogen-bond donors (Lipinski definition) is 2. The van der Waals surface area contributed by atoms with Gasteiger partial charge in [0.15, 0.2) is 5.65 Å². The number of imidazole rings is 1. The number of nitrogens with two attached hydrogens (primary N) is 1. The number of aliphatic carboxylic acids is 1. The van der Waals surface area contributed by atoms with Gasteiger partial charge in [0.05, 0.1) is 12.9 Å². The van der Waals surface area contributed by atoms with Crippen LogP contribution in [0.1, 0.15) is 11.1 Å². The van der Waals surface area contributed by atoms with Crippen molar-refractivity contribution in [3.63, 3.8) is 0 Å². The number of aromatic nitrogens is 4. The Labute approximate surface area is 173 Å². The summed E-state index contributed by atoms with van der Waals surface area (Å²) in [5.41, 5.74) is 10.8. The lowest BCUT2D eigenvalue weighted by molar-refractivity contribution is -0.138. The number of hydrogen-bond acceptors (Lipinski definition) is 5. The summed E-state index contributed by atoms with van der Waals surface area (Å²) in [7, 11) is 0. The first kappa shape index (κ1) is 20.4. The zero-order chi connectivity index (χ0) is 19.5. The Morgan fingerprint density at radius 3 is 2.41 bits per heavy atom. The van der Waals surface area contributed by atoms with Gasteiger partial charge in [-0.1, -0.05) is 54.6 Å². The van der Waals surface area contributed by atoms with Crippen molar-refractivity contribution >= 4 is 29.5 Å². The van der Waals surface area contributed by atoms with Gasteiger partial charge in [0.25, 0.3) is 0 Å². The number of carboxylic acid groups (broad SMARTS) is 1. The molecule has 148 valence electrons. The molecule has 3 N–H and O–H groups in total. The monoisotopic (exact) mass is 409 g/mol. The highest BCUT2D eigenvalue weighted by atomic mass is 35.5. The van der Waals surface area contributed by atoms with Crippen LogP contribution in [0.4, 0.5) is 0 Å². The van der Waals surface area contributed by atoms with Crippen LogP contribution in [0.25, 0.3) is 22.4 Å². The van der Waals surface area contributed by atoms with Crippen molar-refractivity contribution in [3.8, 4) is 11.3 Å². The van der Waals surface area contributed by atoms with Crippen LogP contribution in [0, 0.1) is 0 Å². The van der Waals surface area contributed by atoms with Crippen LogP contribution < -0.4 is 5.73 Å². The first-order chi connectivity index (χ1) is 13.6. The lowest BCUT2D eigenvalue weighted by atomic mass is 10.0. The van der Waals surface area contributed by atoms with Crippen LogP contribution >= 0.6 is 12.4 Å². The van der Waals surface area contributed by atoms with Gasteiger partial charge in [0.2, 0.25) is 0 Å². The van der Waals surface area contributed by atoms with Crippen LogP contribution in [0.3, 0.4) is 0 Å². The second-order valence-corrected chi connectivity index (χ2v) is 6.60. The van der Waals surface area contributed by atoms with E-state index in [1.54, 1.807) is 6.33 Å². The summed E-state index contributed by atoms with van der Waals surface area (Å²) in [6.45, 7) is 0.680. The molecule has 8 heteroatoms. The molecule has 2 aromatic carbocycles. The molecule has 7 nitrogen and oxygen atoms in total. The molecule has 0 bridgehead atoms.